The fraction of sp³-hybridized carbons (Fsp3) is 0.800. The molecule has 323 valence electrons. The second-order valence-corrected chi connectivity index (χ2v) is 14.8. The van der Waals surface area contributed by atoms with Crippen molar-refractivity contribution in [3.05, 3.63) is 30.2 Å². The van der Waals surface area contributed by atoms with Crippen LogP contribution >= 0.6 is 0 Å². The van der Waals surface area contributed by atoms with Gasteiger partial charge in [0.1, 0.15) is 26.4 Å². The van der Waals surface area contributed by atoms with Crippen LogP contribution in [0.2, 0.25) is 0 Å². The molecule has 0 heterocycles. The van der Waals surface area contributed by atoms with E-state index in [0.717, 1.165) is 70.2 Å². The Labute approximate surface area is 339 Å². The molecule has 0 N–H and O–H groups in total. The van der Waals surface area contributed by atoms with Crippen molar-refractivity contribution < 1.29 is 47.6 Å². The Hall–Kier alpha value is -2.92. The number of rotatable bonds is 39. The maximum absolute atomic E-state index is 12.7. The zero-order chi connectivity index (χ0) is 40.9. The molecule has 11 heteroatoms. The first kappa shape index (κ1) is 51.1. The van der Waals surface area contributed by atoms with Gasteiger partial charge < -0.3 is 33.3 Å². The van der Waals surface area contributed by atoms with Gasteiger partial charge in [0.15, 0.2) is 0 Å². The third kappa shape index (κ3) is 31.2. The second-order valence-electron chi connectivity index (χ2n) is 14.8. The summed E-state index contributed by atoms with van der Waals surface area (Å²) in [6.07, 6.45) is 26.3. The SMILES string of the molecule is CCCCCC/C=C\COC(=O)CCCCCCCC(=O)OCC(COC(=O)CCC(OCCCCCCCC)C1=C[CH]1)COC(=O)OCCCN(CC)CC. The Bertz CT molecular complexity index is 1070. The molecule has 0 aromatic heterocycles. The Kier molecular flexibility index (Phi) is 33.2. The van der Waals surface area contributed by atoms with Crippen molar-refractivity contribution in [1.82, 2.24) is 4.90 Å². The van der Waals surface area contributed by atoms with Crippen LogP contribution in [0.4, 0.5) is 4.79 Å². The first-order chi connectivity index (χ1) is 27.3. The third-order valence-electron chi connectivity index (χ3n) is 9.78. The number of esters is 3. The Morgan fingerprint density at radius 1 is 0.589 bits per heavy atom. The van der Waals surface area contributed by atoms with E-state index in [-0.39, 0.29) is 63.3 Å². The van der Waals surface area contributed by atoms with E-state index in [0.29, 0.717) is 38.9 Å². The summed E-state index contributed by atoms with van der Waals surface area (Å²) in [6.45, 7) is 12.3. The molecule has 0 saturated heterocycles. The van der Waals surface area contributed by atoms with Crippen molar-refractivity contribution in [3.8, 4) is 0 Å². The predicted molar refractivity (Wildman–Crippen MR) is 221 cm³/mol. The quantitative estimate of drug-likeness (QED) is 0.0255. The summed E-state index contributed by atoms with van der Waals surface area (Å²) in [5.74, 6) is -1.45. The molecule has 1 radical (unpaired) electrons. The van der Waals surface area contributed by atoms with E-state index in [2.05, 4.69) is 38.7 Å². The molecular weight excluding hydrogens is 714 g/mol. The molecule has 0 aromatic carbocycles. The van der Waals surface area contributed by atoms with Crippen LogP contribution in [0.5, 0.6) is 0 Å². The predicted octanol–water partition coefficient (Wildman–Crippen LogP) is 10.0. The van der Waals surface area contributed by atoms with Crippen molar-refractivity contribution >= 4 is 24.1 Å². The summed E-state index contributed by atoms with van der Waals surface area (Å²) in [5, 5.41) is 0. The van der Waals surface area contributed by atoms with Gasteiger partial charge in [-0.1, -0.05) is 117 Å². The van der Waals surface area contributed by atoms with E-state index in [9.17, 15) is 19.2 Å². The van der Waals surface area contributed by atoms with Crippen molar-refractivity contribution in [3.63, 3.8) is 0 Å². The minimum Gasteiger partial charge on any atom is -0.465 e. The lowest BCUT2D eigenvalue weighted by molar-refractivity contribution is -0.150. The Balaban J connectivity index is 2.39. The lowest BCUT2D eigenvalue weighted by atomic mass is 10.1. The number of unbranched alkanes of at least 4 members (excludes halogenated alkanes) is 13. The zero-order valence-electron chi connectivity index (χ0n) is 35.7. The van der Waals surface area contributed by atoms with Crippen LogP contribution in [0.1, 0.15) is 163 Å². The van der Waals surface area contributed by atoms with E-state index in [1.807, 2.05) is 18.6 Å². The fourth-order valence-corrected chi connectivity index (χ4v) is 6.04. The van der Waals surface area contributed by atoms with Crippen molar-refractivity contribution in [2.24, 2.45) is 5.92 Å². The molecule has 0 amide bonds. The van der Waals surface area contributed by atoms with Crippen LogP contribution in [0, 0.1) is 12.3 Å². The van der Waals surface area contributed by atoms with Gasteiger partial charge in [-0.3, -0.25) is 14.4 Å². The average molecular weight is 793 g/mol. The molecule has 0 aliphatic heterocycles. The van der Waals surface area contributed by atoms with E-state index >= 15 is 0 Å². The summed E-state index contributed by atoms with van der Waals surface area (Å²) >= 11 is 0. The summed E-state index contributed by atoms with van der Waals surface area (Å²) < 4.78 is 33.0. The van der Waals surface area contributed by atoms with Gasteiger partial charge in [-0.25, -0.2) is 4.79 Å². The van der Waals surface area contributed by atoms with Gasteiger partial charge in [0, 0.05) is 38.8 Å². The van der Waals surface area contributed by atoms with Gasteiger partial charge >= 0.3 is 24.1 Å². The molecule has 1 aliphatic rings. The molecule has 0 saturated carbocycles. The molecule has 0 fully saturated rings. The molecule has 1 aliphatic carbocycles. The monoisotopic (exact) mass is 793 g/mol. The first-order valence-electron chi connectivity index (χ1n) is 22.1. The molecule has 2 unspecified atom stereocenters. The minimum atomic E-state index is -0.801. The van der Waals surface area contributed by atoms with Gasteiger partial charge in [-0.2, -0.15) is 0 Å². The normalized spacial score (nSPS) is 13.3. The molecule has 0 aromatic rings. The highest BCUT2D eigenvalue weighted by molar-refractivity contribution is 5.70. The summed E-state index contributed by atoms with van der Waals surface area (Å²) in [5.41, 5.74) is 1.12. The highest BCUT2D eigenvalue weighted by Crippen LogP contribution is 2.27. The maximum atomic E-state index is 12.7. The van der Waals surface area contributed by atoms with Gasteiger partial charge in [-0.15, -0.1) is 0 Å². The van der Waals surface area contributed by atoms with Gasteiger partial charge in [-0.05, 0) is 63.6 Å². The van der Waals surface area contributed by atoms with Crippen LogP contribution in [-0.2, 0) is 42.8 Å². The van der Waals surface area contributed by atoms with Gasteiger partial charge in [0.25, 0.3) is 0 Å². The zero-order valence-corrected chi connectivity index (χ0v) is 35.7. The number of allylic oxidation sites excluding steroid dienone is 2. The fourth-order valence-electron chi connectivity index (χ4n) is 6.04. The molecule has 0 bridgehead atoms. The van der Waals surface area contributed by atoms with Crippen LogP contribution < -0.4 is 0 Å². The van der Waals surface area contributed by atoms with Crippen LogP contribution in [0.15, 0.2) is 23.8 Å². The molecule has 2 atom stereocenters. The largest absolute Gasteiger partial charge is 0.508 e. The number of carbonyl (C=O) groups excluding carboxylic acids is 4. The third-order valence-corrected chi connectivity index (χ3v) is 9.78. The number of carbonyl (C=O) groups is 4. The summed E-state index contributed by atoms with van der Waals surface area (Å²) in [7, 11) is 0. The van der Waals surface area contributed by atoms with Crippen molar-refractivity contribution in [2.45, 2.75) is 169 Å². The molecule has 56 heavy (non-hydrogen) atoms. The maximum Gasteiger partial charge on any atom is 0.508 e. The average Bonchev–Trinajstić information content (AvgIpc) is 4.05. The Morgan fingerprint density at radius 3 is 1.77 bits per heavy atom. The smallest absolute Gasteiger partial charge is 0.465 e. The summed E-state index contributed by atoms with van der Waals surface area (Å²) in [6, 6.07) is 0. The first-order valence-corrected chi connectivity index (χ1v) is 22.1. The second kappa shape index (κ2) is 36.4. The number of hydrogen-bond donors (Lipinski definition) is 0. The number of ether oxygens (including phenoxy) is 6. The van der Waals surface area contributed by atoms with Crippen molar-refractivity contribution in [1.29, 1.82) is 0 Å². The highest BCUT2D eigenvalue weighted by atomic mass is 16.7. The van der Waals surface area contributed by atoms with Crippen LogP contribution in [-0.4, -0.2) is 94.3 Å². The summed E-state index contributed by atoms with van der Waals surface area (Å²) in [4.78, 5) is 51.8. The van der Waals surface area contributed by atoms with Crippen molar-refractivity contribution in [2.75, 3.05) is 59.3 Å². The topological polar surface area (TPSA) is 127 Å². The molecule has 1 rings (SSSR count). The van der Waals surface area contributed by atoms with E-state index in [1.165, 1.54) is 51.4 Å². The lowest BCUT2D eigenvalue weighted by Gasteiger charge is -2.19. The van der Waals surface area contributed by atoms with E-state index in [4.69, 9.17) is 28.4 Å². The lowest BCUT2D eigenvalue weighted by Crippen LogP contribution is -2.27. The van der Waals surface area contributed by atoms with Crippen LogP contribution in [0.3, 0.4) is 0 Å². The van der Waals surface area contributed by atoms with E-state index < -0.39 is 12.1 Å². The molecule has 0 spiro atoms. The van der Waals surface area contributed by atoms with Gasteiger partial charge in [0.05, 0.1) is 18.6 Å². The Morgan fingerprint density at radius 2 is 1.14 bits per heavy atom. The van der Waals surface area contributed by atoms with E-state index in [1.54, 1.807) is 0 Å². The molecule has 11 nitrogen and oxygen atoms in total. The minimum absolute atomic E-state index is 0.0522. The highest BCUT2D eigenvalue weighted by Gasteiger charge is 2.24. The van der Waals surface area contributed by atoms with Gasteiger partial charge in [0.2, 0.25) is 0 Å². The van der Waals surface area contributed by atoms with Crippen LogP contribution in [0.25, 0.3) is 0 Å². The number of nitrogens with zero attached hydrogens (tertiary/aromatic N) is 1. The number of hydrogen-bond acceptors (Lipinski definition) is 11. The molecular formula is C45H78NO10. The standard InChI is InChI=1S/C45H78NO10/c1-5-9-11-13-15-20-24-34-52-42(47)26-21-17-16-18-22-27-43(48)54-36-39(38-56-45(50)53-35-25-32-46(7-3)8-4)37-55-44(49)31-30-41(40-28-29-40)51-33-23-19-14-12-10-6-2/h20,24,28-29,39,41H,5-19,21-23,25-27,30-38H2,1-4H3/b24-20-.